The quantitative estimate of drug-likeness (QED) is 0.422. The SMILES string of the molecule is CNC1c2ccccc2CC1NC(=O)c1cc2sc(Cl)c(Cl)c2[nH]1.O=C(O)C(F)(F)F. The van der Waals surface area contributed by atoms with E-state index in [1.807, 2.05) is 19.2 Å². The third kappa shape index (κ3) is 4.98. The molecule has 2 unspecified atom stereocenters. The third-order valence-electron chi connectivity index (χ3n) is 4.72. The first-order chi connectivity index (χ1) is 14.5. The minimum atomic E-state index is -5.08. The average molecular weight is 494 g/mol. The number of hydrogen-bond donors (Lipinski definition) is 4. The maximum Gasteiger partial charge on any atom is 0.490 e. The number of benzene rings is 1. The van der Waals surface area contributed by atoms with Crippen LogP contribution >= 0.6 is 34.5 Å². The zero-order valence-electron chi connectivity index (χ0n) is 15.8. The molecule has 1 aromatic carbocycles. The average Bonchev–Trinajstić information content (AvgIpc) is 3.34. The summed E-state index contributed by atoms with van der Waals surface area (Å²) in [5.41, 5.74) is 3.73. The molecule has 0 spiro atoms. The summed E-state index contributed by atoms with van der Waals surface area (Å²) in [6.45, 7) is 0. The van der Waals surface area contributed by atoms with Crippen LogP contribution in [0.1, 0.15) is 27.7 Å². The molecule has 2 aromatic heterocycles. The predicted octanol–water partition coefficient (Wildman–Crippen LogP) is 4.78. The number of rotatable bonds is 3. The number of fused-ring (bicyclic) bond motifs is 2. The van der Waals surface area contributed by atoms with Gasteiger partial charge in [0.15, 0.2) is 0 Å². The predicted molar refractivity (Wildman–Crippen MR) is 113 cm³/mol. The van der Waals surface area contributed by atoms with E-state index in [9.17, 15) is 18.0 Å². The second kappa shape index (κ2) is 9.07. The van der Waals surface area contributed by atoms with Crippen molar-refractivity contribution >= 4 is 56.6 Å². The molecule has 0 aliphatic heterocycles. The van der Waals surface area contributed by atoms with Crippen LogP contribution in [0.25, 0.3) is 10.2 Å². The highest BCUT2D eigenvalue weighted by atomic mass is 35.5. The van der Waals surface area contributed by atoms with Gasteiger partial charge in [-0.3, -0.25) is 4.79 Å². The number of likely N-dealkylation sites (N-methyl/N-ethyl adjacent to an activating group) is 1. The molecule has 12 heteroatoms. The van der Waals surface area contributed by atoms with Crippen molar-refractivity contribution in [1.29, 1.82) is 0 Å². The Balaban J connectivity index is 0.000000339. The van der Waals surface area contributed by atoms with Crippen molar-refractivity contribution in [3.05, 3.63) is 56.5 Å². The highest BCUT2D eigenvalue weighted by Crippen LogP contribution is 2.39. The van der Waals surface area contributed by atoms with Crippen molar-refractivity contribution in [2.24, 2.45) is 0 Å². The van der Waals surface area contributed by atoms with Crippen molar-refractivity contribution in [2.45, 2.75) is 24.7 Å². The molecule has 0 radical (unpaired) electrons. The topological polar surface area (TPSA) is 94.2 Å². The second-order valence-electron chi connectivity index (χ2n) is 6.66. The lowest BCUT2D eigenvalue weighted by Gasteiger charge is -2.21. The molecule has 0 bridgehead atoms. The molecule has 2 heterocycles. The van der Waals surface area contributed by atoms with Gasteiger partial charge in [-0.2, -0.15) is 13.2 Å². The molecule has 4 rings (SSSR count). The Kier molecular flexibility index (Phi) is 6.85. The van der Waals surface area contributed by atoms with Crippen molar-refractivity contribution in [3.63, 3.8) is 0 Å². The zero-order chi connectivity index (χ0) is 22.9. The fourth-order valence-corrected chi connectivity index (χ4v) is 4.85. The van der Waals surface area contributed by atoms with Crippen molar-refractivity contribution in [1.82, 2.24) is 15.6 Å². The number of alkyl halides is 3. The fraction of sp³-hybridized carbons (Fsp3) is 0.263. The summed E-state index contributed by atoms with van der Waals surface area (Å²) in [7, 11) is 1.91. The number of carbonyl (C=O) groups excluding carboxylic acids is 1. The smallest absolute Gasteiger partial charge is 0.475 e. The number of halogens is 5. The third-order valence-corrected chi connectivity index (χ3v) is 6.65. The van der Waals surface area contributed by atoms with Crippen LogP contribution in [0, 0.1) is 0 Å². The molecule has 31 heavy (non-hydrogen) atoms. The molecule has 1 amide bonds. The Morgan fingerprint density at radius 2 is 1.90 bits per heavy atom. The summed E-state index contributed by atoms with van der Waals surface area (Å²) < 4.78 is 33.2. The number of hydrogen-bond acceptors (Lipinski definition) is 4. The van der Waals surface area contributed by atoms with Crippen LogP contribution in [0.15, 0.2) is 30.3 Å². The molecular weight excluding hydrogens is 478 g/mol. The van der Waals surface area contributed by atoms with Gasteiger partial charge in [-0.05, 0) is 30.7 Å². The first kappa shape index (κ1) is 23.4. The van der Waals surface area contributed by atoms with E-state index < -0.39 is 12.1 Å². The van der Waals surface area contributed by atoms with Crippen LogP contribution in [-0.4, -0.2) is 41.2 Å². The van der Waals surface area contributed by atoms with E-state index in [2.05, 4.69) is 27.8 Å². The van der Waals surface area contributed by atoms with E-state index in [0.29, 0.717) is 15.1 Å². The van der Waals surface area contributed by atoms with E-state index in [0.717, 1.165) is 16.6 Å². The van der Waals surface area contributed by atoms with Crippen LogP contribution in [0.2, 0.25) is 9.36 Å². The molecular formula is C19H16Cl2F3N3O3S. The van der Waals surface area contributed by atoms with E-state index in [1.54, 1.807) is 6.07 Å². The van der Waals surface area contributed by atoms with Gasteiger partial charge in [0.2, 0.25) is 0 Å². The lowest BCUT2D eigenvalue weighted by Crippen LogP contribution is -2.41. The zero-order valence-corrected chi connectivity index (χ0v) is 18.1. The summed E-state index contributed by atoms with van der Waals surface area (Å²) in [5.74, 6) is -2.89. The van der Waals surface area contributed by atoms with Crippen molar-refractivity contribution in [2.75, 3.05) is 7.05 Å². The molecule has 166 valence electrons. The number of aromatic amines is 1. The van der Waals surface area contributed by atoms with Crippen LogP contribution in [0.5, 0.6) is 0 Å². The van der Waals surface area contributed by atoms with Gasteiger partial charge >= 0.3 is 12.1 Å². The minimum Gasteiger partial charge on any atom is -0.475 e. The van der Waals surface area contributed by atoms with Gasteiger partial charge in [0.25, 0.3) is 5.91 Å². The minimum absolute atomic E-state index is 0.0142. The van der Waals surface area contributed by atoms with Crippen molar-refractivity contribution < 1.29 is 27.9 Å². The Labute approximate surface area is 188 Å². The summed E-state index contributed by atoms with van der Waals surface area (Å²) in [5, 5.41) is 14.0. The number of carbonyl (C=O) groups is 2. The van der Waals surface area contributed by atoms with Gasteiger partial charge in [0, 0.05) is 0 Å². The second-order valence-corrected chi connectivity index (χ2v) is 8.70. The first-order valence-corrected chi connectivity index (χ1v) is 10.4. The molecule has 0 saturated heterocycles. The normalized spacial score (nSPS) is 17.7. The summed E-state index contributed by atoms with van der Waals surface area (Å²) in [4.78, 5) is 24.6. The van der Waals surface area contributed by atoms with Gasteiger partial charge < -0.3 is 20.7 Å². The number of amides is 1. The number of thiophene rings is 1. The van der Waals surface area contributed by atoms with E-state index in [-0.39, 0.29) is 18.0 Å². The van der Waals surface area contributed by atoms with Gasteiger partial charge in [-0.1, -0.05) is 47.5 Å². The maximum absolute atomic E-state index is 12.6. The lowest BCUT2D eigenvalue weighted by molar-refractivity contribution is -0.192. The van der Waals surface area contributed by atoms with Gasteiger partial charge in [-0.15, -0.1) is 11.3 Å². The van der Waals surface area contributed by atoms with Crippen LogP contribution < -0.4 is 10.6 Å². The Morgan fingerprint density at radius 3 is 2.48 bits per heavy atom. The van der Waals surface area contributed by atoms with Gasteiger partial charge in [0.1, 0.15) is 10.0 Å². The summed E-state index contributed by atoms with van der Waals surface area (Å²) >= 11 is 13.5. The molecule has 6 nitrogen and oxygen atoms in total. The molecule has 1 aliphatic carbocycles. The highest BCUT2D eigenvalue weighted by Gasteiger charge is 2.38. The Morgan fingerprint density at radius 1 is 1.26 bits per heavy atom. The first-order valence-electron chi connectivity index (χ1n) is 8.85. The molecule has 1 aliphatic rings. The van der Waals surface area contributed by atoms with Gasteiger partial charge in [0.05, 0.1) is 27.3 Å². The highest BCUT2D eigenvalue weighted by molar-refractivity contribution is 7.23. The maximum atomic E-state index is 12.6. The monoisotopic (exact) mass is 493 g/mol. The summed E-state index contributed by atoms with van der Waals surface area (Å²) in [6, 6.07) is 10.2. The fourth-order valence-electron chi connectivity index (χ4n) is 3.37. The number of carboxylic acid groups (broad SMARTS) is 1. The molecule has 2 atom stereocenters. The molecule has 0 saturated carbocycles. The standard InChI is InChI=1S/C17H15Cl2N3OS.C2HF3O2/c1-20-14-9-5-3-2-4-8(9)6-10(14)22-17(23)11-7-12-15(21-11)13(18)16(19)24-12;3-2(4,5)1(6)7/h2-5,7,10,14,20-21H,6H2,1H3,(H,22,23);(H,6,7). The van der Waals surface area contributed by atoms with E-state index in [1.165, 1.54) is 22.5 Å². The number of carboxylic acids is 1. The Hall–Kier alpha value is -2.27. The van der Waals surface area contributed by atoms with Crippen LogP contribution in [0.4, 0.5) is 13.2 Å². The van der Waals surface area contributed by atoms with E-state index in [4.69, 9.17) is 33.1 Å². The number of H-pyrrole nitrogens is 1. The molecule has 3 aromatic rings. The lowest BCUT2D eigenvalue weighted by atomic mass is 10.1. The number of aromatic nitrogens is 1. The number of nitrogens with one attached hydrogen (secondary N) is 3. The molecule has 4 N–H and O–H groups in total. The van der Waals surface area contributed by atoms with Crippen molar-refractivity contribution in [3.8, 4) is 0 Å². The van der Waals surface area contributed by atoms with Crippen LogP contribution in [0.3, 0.4) is 0 Å². The largest absolute Gasteiger partial charge is 0.490 e. The summed E-state index contributed by atoms with van der Waals surface area (Å²) in [6.07, 6.45) is -4.27. The number of aliphatic carboxylic acids is 1. The van der Waals surface area contributed by atoms with E-state index >= 15 is 0 Å². The van der Waals surface area contributed by atoms with Gasteiger partial charge in [-0.25, -0.2) is 4.79 Å². The van der Waals surface area contributed by atoms with Crippen LogP contribution in [-0.2, 0) is 11.2 Å². The molecule has 0 fully saturated rings. The Bertz CT molecular complexity index is 1130.